The fourth-order valence-corrected chi connectivity index (χ4v) is 6.09. The Morgan fingerprint density at radius 1 is 0.931 bits per heavy atom. The number of likely N-dealkylation sites (tertiary alicyclic amines) is 1. The molecular weight excluding hydrogens is 407 g/mol. The second-order valence-corrected chi connectivity index (χ2v) is 9.67. The van der Waals surface area contributed by atoms with Crippen molar-refractivity contribution in [1.82, 2.24) is 19.7 Å². The van der Waals surface area contributed by atoms with Gasteiger partial charge in [0.25, 0.3) is 0 Å². The molecule has 0 unspecified atom stereocenters. The normalized spacial score (nSPS) is 24.1. The number of fused-ring (bicyclic) bond motifs is 1. The highest BCUT2D eigenvalue weighted by atomic mass is 35.5. The van der Waals surface area contributed by atoms with E-state index in [4.69, 9.17) is 23.2 Å². The third-order valence-corrected chi connectivity index (χ3v) is 8.01. The van der Waals surface area contributed by atoms with Crippen molar-refractivity contribution >= 4 is 23.2 Å². The number of nitrogens with zero attached hydrogens (tertiary/aromatic N) is 4. The third-order valence-electron chi connectivity index (χ3n) is 7.19. The highest BCUT2D eigenvalue weighted by Crippen LogP contribution is 2.43. The Bertz CT molecular complexity index is 885. The summed E-state index contributed by atoms with van der Waals surface area (Å²) in [5.74, 6) is 2.88. The van der Waals surface area contributed by atoms with Crippen molar-refractivity contribution in [3.63, 3.8) is 0 Å². The molecule has 3 heterocycles. The number of rotatable bonds is 3. The van der Waals surface area contributed by atoms with E-state index in [0.717, 1.165) is 49.1 Å². The van der Waals surface area contributed by atoms with Crippen LogP contribution in [0.3, 0.4) is 0 Å². The Kier molecular flexibility index (Phi) is 5.48. The fourth-order valence-electron chi connectivity index (χ4n) is 5.61. The monoisotopic (exact) mass is 434 g/mol. The molecule has 1 aromatic heterocycles. The molecule has 3 aliphatic rings. The van der Waals surface area contributed by atoms with Gasteiger partial charge in [0.15, 0.2) is 0 Å². The molecule has 2 aliphatic heterocycles. The van der Waals surface area contributed by atoms with Gasteiger partial charge in [0.2, 0.25) is 0 Å². The Balaban J connectivity index is 1.29. The van der Waals surface area contributed by atoms with Crippen LogP contribution in [0, 0.1) is 0 Å². The second kappa shape index (κ2) is 8.09. The minimum atomic E-state index is 0.0905. The van der Waals surface area contributed by atoms with Gasteiger partial charge in [-0.15, -0.1) is 10.2 Å². The number of hydrogen-bond acceptors (Lipinski definition) is 4. The highest BCUT2D eigenvalue weighted by molar-refractivity contribution is 6.42. The van der Waals surface area contributed by atoms with Gasteiger partial charge in [0, 0.05) is 36.4 Å². The lowest BCUT2D eigenvalue weighted by atomic mass is 9.90. The Morgan fingerprint density at radius 3 is 2.45 bits per heavy atom. The number of aromatic hydroxyl groups is 1. The summed E-state index contributed by atoms with van der Waals surface area (Å²) in [5, 5.41) is 20.4. The van der Waals surface area contributed by atoms with Crippen LogP contribution in [0.15, 0.2) is 12.1 Å². The van der Waals surface area contributed by atoms with Crippen LogP contribution in [-0.2, 0) is 13.0 Å². The van der Waals surface area contributed by atoms with E-state index in [0.29, 0.717) is 16.0 Å². The van der Waals surface area contributed by atoms with Crippen LogP contribution in [0.2, 0.25) is 10.0 Å². The van der Waals surface area contributed by atoms with E-state index in [1.54, 1.807) is 12.1 Å². The van der Waals surface area contributed by atoms with Crippen LogP contribution in [0.5, 0.6) is 5.75 Å². The lowest BCUT2D eigenvalue weighted by molar-refractivity contribution is 0.120. The van der Waals surface area contributed by atoms with Crippen molar-refractivity contribution in [3.8, 4) is 5.75 Å². The summed E-state index contributed by atoms with van der Waals surface area (Å²) < 4.78 is 2.27. The molecule has 0 spiro atoms. The Hall–Kier alpha value is -1.30. The van der Waals surface area contributed by atoms with E-state index in [9.17, 15) is 5.11 Å². The summed E-state index contributed by atoms with van der Waals surface area (Å²) in [4.78, 5) is 2.71. The standard InChI is InChI=1S/C22H28Cl2N4O/c23-17-6-7-18(29)20(21(17)24)15-12-19-25-26-22(28(19)13-15)14-8-10-27(11-9-14)16-4-2-1-3-5-16/h6-7,14-16,29H,1-5,8-13H2/t15-/m1/s1. The van der Waals surface area contributed by atoms with Gasteiger partial charge in [0.1, 0.15) is 17.4 Å². The molecule has 1 atom stereocenters. The molecule has 5 rings (SSSR count). The van der Waals surface area contributed by atoms with Crippen LogP contribution < -0.4 is 0 Å². The zero-order valence-electron chi connectivity index (χ0n) is 16.7. The van der Waals surface area contributed by atoms with E-state index < -0.39 is 0 Å². The molecule has 2 fully saturated rings. The zero-order chi connectivity index (χ0) is 20.0. The van der Waals surface area contributed by atoms with E-state index in [2.05, 4.69) is 19.7 Å². The lowest BCUT2D eigenvalue weighted by Crippen LogP contribution is -2.42. The van der Waals surface area contributed by atoms with Crippen molar-refractivity contribution in [3.05, 3.63) is 39.4 Å². The summed E-state index contributed by atoms with van der Waals surface area (Å²) in [5.41, 5.74) is 0.739. The largest absolute Gasteiger partial charge is 0.508 e. The topological polar surface area (TPSA) is 54.2 Å². The van der Waals surface area contributed by atoms with Crippen LogP contribution >= 0.6 is 23.2 Å². The Labute approximate surface area is 182 Å². The fraction of sp³-hybridized carbons (Fsp3) is 0.636. The molecule has 7 heteroatoms. The van der Waals surface area contributed by atoms with Crippen LogP contribution in [0.25, 0.3) is 0 Å². The van der Waals surface area contributed by atoms with Gasteiger partial charge >= 0.3 is 0 Å². The van der Waals surface area contributed by atoms with Crippen molar-refractivity contribution < 1.29 is 5.11 Å². The minimum Gasteiger partial charge on any atom is -0.508 e. The molecule has 1 saturated carbocycles. The number of halogens is 2. The smallest absolute Gasteiger partial charge is 0.136 e. The van der Waals surface area contributed by atoms with E-state index >= 15 is 0 Å². The van der Waals surface area contributed by atoms with Crippen LogP contribution in [-0.4, -0.2) is 43.9 Å². The van der Waals surface area contributed by atoms with Gasteiger partial charge in [-0.3, -0.25) is 0 Å². The number of hydrogen-bond donors (Lipinski definition) is 1. The van der Waals surface area contributed by atoms with E-state index in [-0.39, 0.29) is 11.7 Å². The van der Waals surface area contributed by atoms with E-state index in [1.165, 1.54) is 45.2 Å². The number of piperidine rings is 1. The number of phenolic OH excluding ortho intramolecular Hbond substituents is 1. The molecule has 0 bridgehead atoms. The first-order chi connectivity index (χ1) is 14.1. The molecular formula is C22H28Cl2N4O. The molecule has 156 valence electrons. The Morgan fingerprint density at radius 2 is 1.69 bits per heavy atom. The highest BCUT2D eigenvalue weighted by Gasteiger charge is 2.35. The molecule has 1 aromatic carbocycles. The summed E-state index contributed by atoms with van der Waals surface area (Å²) in [6.45, 7) is 3.10. The first kappa shape index (κ1) is 19.7. The third kappa shape index (κ3) is 3.66. The summed E-state index contributed by atoms with van der Waals surface area (Å²) in [7, 11) is 0. The molecule has 1 N–H and O–H groups in total. The van der Waals surface area contributed by atoms with Gasteiger partial charge < -0.3 is 14.6 Å². The first-order valence-electron chi connectivity index (χ1n) is 10.9. The average molecular weight is 435 g/mol. The molecule has 1 aliphatic carbocycles. The van der Waals surface area contributed by atoms with Crippen LogP contribution in [0.1, 0.15) is 74.0 Å². The van der Waals surface area contributed by atoms with Gasteiger partial charge in [-0.2, -0.15) is 0 Å². The summed E-state index contributed by atoms with van der Waals surface area (Å²) in [6.07, 6.45) is 9.98. The van der Waals surface area contributed by atoms with E-state index in [1.807, 2.05) is 0 Å². The van der Waals surface area contributed by atoms with Crippen molar-refractivity contribution in [2.75, 3.05) is 13.1 Å². The SMILES string of the molecule is Oc1ccc(Cl)c(Cl)c1[C@@H]1Cc2nnc(C3CCN(C4CCCCC4)CC3)n2C1. The predicted molar refractivity (Wildman–Crippen MR) is 115 cm³/mol. The molecule has 0 amide bonds. The average Bonchev–Trinajstić information content (AvgIpc) is 3.33. The van der Waals surface area contributed by atoms with Gasteiger partial charge in [-0.25, -0.2) is 0 Å². The molecule has 1 saturated heterocycles. The van der Waals surface area contributed by atoms with Crippen molar-refractivity contribution in [2.24, 2.45) is 0 Å². The maximum Gasteiger partial charge on any atom is 0.136 e. The van der Waals surface area contributed by atoms with Gasteiger partial charge in [-0.05, 0) is 50.9 Å². The number of benzene rings is 1. The minimum absolute atomic E-state index is 0.0905. The lowest BCUT2D eigenvalue weighted by Gasteiger charge is -2.39. The molecule has 5 nitrogen and oxygen atoms in total. The quantitative estimate of drug-likeness (QED) is 0.725. The molecule has 0 radical (unpaired) electrons. The number of phenols is 1. The van der Waals surface area contributed by atoms with Crippen molar-refractivity contribution in [2.45, 2.75) is 75.8 Å². The molecule has 2 aromatic rings. The first-order valence-corrected chi connectivity index (χ1v) is 11.7. The summed E-state index contributed by atoms with van der Waals surface area (Å²) in [6, 6.07) is 4.07. The maximum absolute atomic E-state index is 10.4. The summed E-state index contributed by atoms with van der Waals surface area (Å²) >= 11 is 12.6. The molecule has 29 heavy (non-hydrogen) atoms. The maximum atomic E-state index is 10.4. The van der Waals surface area contributed by atoms with Gasteiger partial charge in [0.05, 0.1) is 10.0 Å². The number of aromatic nitrogens is 3. The zero-order valence-corrected chi connectivity index (χ0v) is 18.2. The second-order valence-electron chi connectivity index (χ2n) is 8.88. The predicted octanol–water partition coefficient (Wildman–Crippen LogP) is 5.14. The van der Waals surface area contributed by atoms with Crippen LogP contribution in [0.4, 0.5) is 0 Å². The van der Waals surface area contributed by atoms with Gasteiger partial charge in [-0.1, -0.05) is 42.5 Å². The van der Waals surface area contributed by atoms with Crippen molar-refractivity contribution in [1.29, 1.82) is 0 Å².